The number of nitrogens with zero attached hydrogens (tertiary/aromatic N) is 1. The highest BCUT2D eigenvalue weighted by atomic mass is 16.2. The number of aryl methyl sites for hydroxylation is 1. The minimum absolute atomic E-state index is 0.0579. The van der Waals surface area contributed by atoms with Crippen molar-refractivity contribution < 1.29 is 19.2 Å². The lowest BCUT2D eigenvalue weighted by Crippen LogP contribution is -2.50. The molecule has 3 rings (SSSR count). The molecular formula is C18H22N4O4. The van der Waals surface area contributed by atoms with Gasteiger partial charge in [0.05, 0.1) is 5.92 Å². The Labute approximate surface area is 151 Å². The Kier molecular flexibility index (Phi) is 4.92. The molecule has 1 aliphatic carbocycles. The number of nitrogens with one attached hydrogen (secondary N) is 3. The van der Waals surface area contributed by atoms with Crippen molar-refractivity contribution in [3.05, 3.63) is 29.3 Å². The van der Waals surface area contributed by atoms with Gasteiger partial charge in [0.25, 0.3) is 0 Å². The fourth-order valence-electron chi connectivity index (χ4n) is 2.90. The Bertz CT molecular complexity index is 772. The van der Waals surface area contributed by atoms with E-state index in [2.05, 4.69) is 16.2 Å². The van der Waals surface area contributed by atoms with Gasteiger partial charge in [-0.05, 0) is 43.9 Å². The van der Waals surface area contributed by atoms with E-state index in [1.807, 2.05) is 32.0 Å². The fourth-order valence-corrected chi connectivity index (χ4v) is 2.90. The summed E-state index contributed by atoms with van der Waals surface area (Å²) in [5, 5.41) is 2.53. The van der Waals surface area contributed by atoms with Crippen LogP contribution >= 0.6 is 0 Å². The highest BCUT2D eigenvalue weighted by molar-refractivity contribution is 6.35. The van der Waals surface area contributed by atoms with E-state index in [0.29, 0.717) is 0 Å². The average molecular weight is 358 g/mol. The van der Waals surface area contributed by atoms with Gasteiger partial charge in [-0.1, -0.05) is 12.1 Å². The number of hydrogen-bond acceptors (Lipinski definition) is 4. The Morgan fingerprint density at radius 1 is 1.08 bits per heavy atom. The van der Waals surface area contributed by atoms with Gasteiger partial charge in [0.1, 0.15) is 0 Å². The monoisotopic (exact) mass is 358 g/mol. The maximum Gasteiger partial charge on any atom is 0.327 e. The number of hydrogen-bond donors (Lipinski definition) is 3. The van der Waals surface area contributed by atoms with Gasteiger partial charge in [-0.3, -0.25) is 30.0 Å². The average Bonchev–Trinajstić information content (AvgIpc) is 3.34. The zero-order valence-corrected chi connectivity index (χ0v) is 14.8. The molecule has 1 atom stereocenters. The molecule has 26 heavy (non-hydrogen) atoms. The molecule has 0 radical (unpaired) electrons. The van der Waals surface area contributed by atoms with Crippen LogP contribution in [-0.2, 0) is 19.2 Å². The van der Waals surface area contributed by atoms with Crippen molar-refractivity contribution >= 4 is 29.3 Å². The zero-order valence-electron chi connectivity index (χ0n) is 14.8. The molecule has 8 nitrogen and oxygen atoms in total. The van der Waals surface area contributed by atoms with Gasteiger partial charge >= 0.3 is 11.8 Å². The van der Waals surface area contributed by atoms with Crippen LogP contribution in [0.1, 0.15) is 30.4 Å². The van der Waals surface area contributed by atoms with E-state index in [4.69, 9.17) is 0 Å². The maximum absolute atomic E-state index is 12.3. The van der Waals surface area contributed by atoms with E-state index in [0.717, 1.165) is 29.7 Å². The smallest absolute Gasteiger partial charge is 0.327 e. The first kappa shape index (κ1) is 17.9. The lowest BCUT2D eigenvalue weighted by Gasteiger charge is -2.20. The quantitative estimate of drug-likeness (QED) is 0.525. The molecule has 2 aliphatic rings. The third kappa shape index (κ3) is 3.84. The molecule has 0 aromatic heterocycles. The molecule has 4 amide bonds. The summed E-state index contributed by atoms with van der Waals surface area (Å²) in [5.74, 6) is -2.90. The van der Waals surface area contributed by atoms with Crippen LogP contribution in [0.25, 0.3) is 0 Å². The van der Waals surface area contributed by atoms with Crippen molar-refractivity contribution in [2.45, 2.75) is 39.2 Å². The molecule has 0 spiro atoms. The SMILES string of the molecule is Cc1cccc(N2CC(C(=O)NNC(=O)C(=O)NC3CC3)CC2=O)c1C. The van der Waals surface area contributed by atoms with Crippen LogP contribution in [0.4, 0.5) is 5.69 Å². The Morgan fingerprint density at radius 2 is 1.81 bits per heavy atom. The Hall–Kier alpha value is -2.90. The van der Waals surface area contributed by atoms with Gasteiger partial charge in [-0.2, -0.15) is 0 Å². The third-order valence-electron chi connectivity index (χ3n) is 4.78. The minimum Gasteiger partial charge on any atom is -0.345 e. The first-order valence-electron chi connectivity index (χ1n) is 8.64. The second-order valence-electron chi connectivity index (χ2n) is 6.82. The topological polar surface area (TPSA) is 108 Å². The second kappa shape index (κ2) is 7.15. The third-order valence-corrected chi connectivity index (χ3v) is 4.78. The summed E-state index contributed by atoms with van der Waals surface area (Å²) in [6.07, 6.45) is 1.79. The Balaban J connectivity index is 1.56. The van der Waals surface area contributed by atoms with E-state index in [9.17, 15) is 19.2 Å². The number of amides is 4. The number of carbonyl (C=O) groups is 4. The van der Waals surface area contributed by atoms with Gasteiger partial charge in [0, 0.05) is 24.7 Å². The normalized spacial score (nSPS) is 19.2. The predicted octanol–water partition coefficient (Wildman–Crippen LogP) is 0.0823. The van der Waals surface area contributed by atoms with Crippen LogP contribution in [0.5, 0.6) is 0 Å². The summed E-state index contributed by atoms with van der Waals surface area (Å²) in [6.45, 7) is 4.13. The first-order chi connectivity index (χ1) is 12.4. The number of benzene rings is 1. The van der Waals surface area contributed by atoms with E-state index in [1.165, 1.54) is 0 Å². The standard InChI is InChI=1S/C18H22N4O4/c1-10-4-3-5-14(11(10)2)22-9-12(8-15(22)23)16(24)20-21-18(26)17(25)19-13-6-7-13/h3-5,12-13H,6-9H2,1-2H3,(H,19,25)(H,20,24)(H,21,26). The summed E-state index contributed by atoms with van der Waals surface area (Å²) >= 11 is 0. The predicted molar refractivity (Wildman–Crippen MR) is 93.8 cm³/mol. The molecule has 3 N–H and O–H groups in total. The summed E-state index contributed by atoms with van der Waals surface area (Å²) in [6, 6.07) is 5.75. The van der Waals surface area contributed by atoms with E-state index in [-0.39, 0.29) is 24.9 Å². The van der Waals surface area contributed by atoms with E-state index >= 15 is 0 Å². The number of carbonyl (C=O) groups excluding carboxylic acids is 4. The van der Waals surface area contributed by atoms with Crippen LogP contribution in [0.3, 0.4) is 0 Å². The van der Waals surface area contributed by atoms with Crippen LogP contribution < -0.4 is 21.1 Å². The molecule has 2 fully saturated rings. The molecule has 138 valence electrons. The maximum atomic E-state index is 12.3. The summed E-state index contributed by atoms with van der Waals surface area (Å²) in [4.78, 5) is 49.4. The number of rotatable bonds is 3. The van der Waals surface area contributed by atoms with Gasteiger partial charge in [0.2, 0.25) is 11.8 Å². The first-order valence-corrected chi connectivity index (χ1v) is 8.64. The van der Waals surface area contributed by atoms with Gasteiger partial charge < -0.3 is 10.2 Å². The van der Waals surface area contributed by atoms with E-state index < -0.39 is 23.6 Å². The zero-order chi connectivity index (χ0) is 18.8. The lowest BCUT2D eigenvalue weighted by atomic mass is 10.1. The second-order valence-corrected chi connectivity index (χ2v) is 6.82. The molecule has 1 aromatic carbocycles. The van der Waals surface area contributed by atoms with Crippen molar-refractivity contribution in [1.82, 2.24) is 16.2 Å². The van der Waals surface area contributed by atoms with Gasteiger partial charge in [0.15, 0.2) is 0 Å². The Morgan fingerprint density at radius 3 is 2.50 bits per heavy atom. The molecule has 1 aromatic rings. The minimum atomic E-state index is -0.916. The van der Waals surface area contributed by atoms with Crippen molar-refractivity contribution in [2.24, 2.45) is 5.92 Å². The molecule has 1 unspecified atom stereocenters. The summed E-state index contributed by atoms with van der Waals surface area (Å²) in [5.41, 5.74) is 7.19. The van der Waals surface area contributed by atoms with Gasteiger partial charge in [-0.25, -0.2) is 0 Å². The van der Waals surface area contributed by atoms with Crippen molar-refractivity contribution in [2.75, 3.05) is 11.4 Å². The molecule has 8 heteroatoms. The fraction of sp³-hybridized carbons (Fsp3) is 0.444. The van der Waals surface area contributed by atoms with Crippen LogP contribution in [0.2, 0.25) is 0 Å². The molecule has 1 saturated carbocycles. The van der Waals surface area contributed by atoms with Crippen LogP contribution in [0, 0.1) is 19.8 Å². The summed E-state index contributed by atoms with van der Waals surface area (Å²) in [7, 11) is 0. The lowest BCUT2D eigenvalue weighted by molar-refractivity contribution is -0.141. The molecule has 1 heterocycles. The number of anilines is 1. The number of hydrazine groups is 1. The van der Waals surface area contributed by atoms with E-state index in [1.54, 1.807) is 4.90 Å². The van der Waals surface area contributed by atoms with Gasteiger partial charge in [-0.15, -0.1) is 0 Å². The molecule has 0 bridgehead atoms. The highest BCUT2D eigenvalue weighted by Crippen LogP contribution is 2.29. The molecule has 1 saturated heterocycles. The van der Waals surface area contributed by atoms with Crippen LogP contribution in [0.15, 0.2) is 18.2 Å². The van der Waals surface area contributed by atoms with Crippen LogP contribution in [-0.4, -0.2) is 36.2 Å². The van der Waals surface area contributed by atoms with Crippen molar-refractivity contribution in [3.63, 3.8) is 0 Å². The van der Waals surface area contributed by atoms with Crippen molar-refractivity contribution in [3.8, 4) is 0 Å². The largest absolute Gasteiger partial charge is 0.345 e. The summed E-state index contributed by atoms with van der Waals surface area (Å²) < 4.78 is 0. The molecular weight excluding hydrogens is 336 g/mol. The molecule has 1 aliphatic heterocycles. The highest BCUT2D eigenvalue weighted by Gasteiger charge is 2.36. The van der Waals surface area contributed by atoms with Crippen molar-refractivity contribution in [1.29, 1.82) is 0 Å².